The lowest BCUT2D eigenvalue weighted by atomic mass is 9.77. The number of rotatable bonds is 10. The van der Waals surface area contributed by atoms with Crippen molar-refractivity contribution in [1.29, 1.82) is 0 Å². The van der Waals surface area contributed by atoms with Gasteiger partial charge in [0, 0.05) is 23.2 Å². The highest BCUT2D eigenvalue weighted by Crippen LogP contribution is 2.41. The summed E-state index contributed by atoms with van der Waals surface area (Å²) in [5.74, 6) is 1.08. The van der Waals surface area contributed by atoms with Crippen molar-refractivity contribution in [3.63, 3.8) is 0 Å². The quantitative estimate of drug-likeness (QED) is 0.139. The van der Waals surface area contributed by atoms with E-state index < -0.39 is 5.54 Å². The van der Waals surface area contributed by atoms with Crippen molar-refractivity contribution in [2.75, 3.05) is 23.4 Å². The maximum atomic E-state index is 14.9. The Morgan fingerprint density at radius 3 is 1.85 bits per heavy atom. The van der Waals surface area contributed by atoms with Gasteiger partial charge < -0.3 is 21.1 Å². The van der Waals surface area contributed by atoms with Gasteiger partial charge in [-0.3, -0.25) is 0 Å². The lowest BCUT2D eigenvalue weighted by Crippen LogP contribution is -2.38. The van der Waals surface area contributed by atoms with Crippen molar-refractivity contribution in [2.24, 2.45) is 0 Å². The van der Waals surface area contributed by atoms with Gasteiger partial charge in [-0.2, -0.15) is 0 Å². The molecule has 0 aliphatic heterocycles. The Morgan fingerprint density at radius 2 is 1.37 bits per heavy atom. The minimum absolute atomic E-state index is 0.0203. The molecule has 208 valence electrons. The van der Waals surface area contributed by atoms with Crippen LogP contribution in [0.2, 0.25) is 0 Å². The fourth-order valence-corrected chi connectivity index (χ4v) is 5.85. The van der Waals surface area contributed by atoms with Crippen molar-refractivity contribution >= 4 is 33.3 Å². The summed E-state index contributed by atoms with van der Waals surface area (Å²) in [6, 6.07) is 35.7. The van der Waals surface area contributed by atoms with Crippen LogP contribution in [0, 0.1) is 5.82 Å². The summed E-state index contributed by atoms with van der Waals surface area (Å²) in [5.41, 5.74) is 10.5. The van der Waals surface area contributed by atoms with Crippen molar-refractivity contribution in [3.8, 4) is 5.75 Å². The van der Waals surface area contributed by atoms with E-state index in [4.69, 9.17) is 15.5 Å². The summed E-state index contributed by atoms with van der Waals surface area (Å²) in [7, 11) is 1.76. The molecule has 0 saturated carbocycles. The molecule has 41 heavy (non-hydrogen) atoms. The van der Waals surface area contributed by atoms with Crippen LogP contribution in [0.25, 0.3) is 0 Å². The predicted octanol–water partition coefficient (Wildman–Crippen LogP) is 8.15. The zero-order chi connectivity index (χ0) is 28.8. The number of hydrogen-bond acceptors (Lipinski definition) is 5. The maximum absolute atomic E-state index is 14.9. The molecule has 1 aromatic heterocycles. The van der Waals surface area contributed by atoms with Gasteiger partial charge in [0.05, 0.1) is 0 Å². The Balaban J connectivity index is 1.63. The fourth-order valence-electron chi connectivity index (χ4n) is 5.20. The first-order valence-electron chi connectivity index (χ1n) is 13.5. The normalized spacial score (nSPS) is 11.2. The van der Waals surface area contributed by atoms with Crippen LogP contribution in [0.5, 0.6) is 5.75 Å². The molecule has 5 aromatic rings. The van der Waals surface area contributed by atoms with Crippen LogP contribution in [-0.4, -0.2) is 12.0 Å². The van der Waals surface area contributed by atoms with Crippen molar-refractivity contribution in [2.45, 2.75) is 25.5 Å². The van der Waals surface area contributed by atoms with Gasteiger partial charge >= 0.3 is 0 Å². The summed E-state index contributed by atoms with van der Waals surface area (Å²) >= 11 is 3.54. The number of nitrogens with one attached hydrogen (secondary N) is 2. The van der Waals surface area contributed by atoms with Crippen LogP contribution in [-0.2, 0) is 18.6 Å². The average Bonchev–Trinajstić information content (AvgIpc) is 3.02. The first-order chi connectivity index (χ1) is 20.0. The van der Waals surface area contributed by atoms with E-state index in [1.165, 1.54) is 6.07 Å². The third kappa shape index (κ3) is 5.63. The van der Waals surface area contributed by atoms with Gasteiger partial charge in [-0.25, -0.2) is 9.37 Å². The van der Waals surface area contributed by atoms with E-state index in [1.54, 1.807) is 19.2 Å². The van der Waals surface area contributed by atoms with Gasteiger partial charge in [-0.1, -0.05) is 114 Å². The molecule has 0 atom stereocenters. The molecule has 1 heterocycles. The Kier molecular flexibility index (Phi) is 8.55. The summed E-state index contributed by atoms with van der Waals surface area (Å²) in [5, 5.41) is 6.84. The lowest BCUT2D eigenvalue weighted by molar-refractivity contribution is 0.300. The van der Waals surface area contributed by atoms with E-state index >= 15 is 0 Å². The van der Waals surface area contributed by atoms with E-state index in [0.717, 1.165) is 26.7 Å². The third-order valence-corrected chi connectivity index (χ3v) is 7.98. The molecule has 0 bridgehead atoms. The van der Waals surface area contributed by atoms with Crippen molar-refractivity contribution in [1.82, 2.24) is 4.98 Å². The Bertz CT molecular complexity index is 1520. The monoisotopic (exact) mass is 610 g/mol. The van der Waals surface area contributed by atoms with E-state index in [9.17, 15) is 4.39 Å². The van der Waals surface area contributed by atoms with Crippen LogP contribution in [0.15, 0.2) is 114 Å². The van der Waals surface area contributed by atoms with Crippen LogP contribution < -0.4 is 21.1 Å². The minimum Gasteiger partial charge on any atom is -0.486 e. The largest absolute Gasteiger partial charge is 0.486 e. The summed E-state index contributed by atoms with van der Waals surface area (Å²) in [4.78, 5) is 4.82. The zero-order valence-corrected chi connectivity index (χ0v) is 24.6. The fraction of sp³-hybridized carbons (Fsp3) is 0.147. The molecule has 0 fully saturated rings. The topological polar surface area (TPSA) is 72.2 Å². The molecule has 0 aliphatic carbocycles. The average molecular weight is 612 g/mol. The smallest absolute Gasteiger partial charge is 0.155 e. The van der Waals surface area contributed by atoms with Crippen LogP contribution in [0.3, 0.4) is 0 Å². The molecule has 7 heteroatoms. The first-order valence-corrected chi connectivity index (χ1v) is 14.3. The number of pyridine rings is 1. The van der Waals surface area contributed by atoms with Crippen LogP contribution in [0.1, 0.15) is 34.7 Å². The number of nitrogen functional groups attached to an aromatic ring is 1. The molecule has 0 radical (unpaired) electrons. The number of ether oxygens (including phenoxy) is 1. The summed E-state index contributed by atoms with van der Waals surface area (Å²) < 4.78 is 21.9. The van der Waals surface area contributed by atoms with Gasteiger partial charge in [-0.05, 0) is 40.8 Å². The molecule has 4 aromatic carbocycles. The van der Waals surface area contributed by atoms with Gasteiger partial charge in [0.15, 0.2) is 5.82 Å². The van der Waals surface area contributed by atoms with E-state index in [2.05, 4.69) is 63.0 Å². The Hall–Kier alpha value is -4.36. The minimum atomic E-state index is -0.791. The molecule has 0 spiro atoms. The first kappa shape index (κ1) is 28.2. The predicted molar refractivity (Wildman–Crippen MR) is 169 cm³/mol. The highest BCUT2D eigenvalue weighted by atomic mass is 79.9. The Morgan fingerprint density at radius 1 is 0.829 bits per heavy atom. The van der Waals surface area contributed by atoms with Gasteiger partial charge in [-0.15, -0.1) is 0 Å². The summed E-state index contributed by atoms with van der Waals surface area (Å²) in [6.07, 6.45) is 0.658. The second kappa shape index (κ2) is 12.4. The number of aromatic nitrogens is 1. The molecule has 5 nitrogen and oxygen atoms in total. The van der Waals surface area contributed by atoms with E-state index in [-0.39, 0.29) is 12.4 Å². The maximum Gasteiger partial charge on any atom is 0.155 e. The SMILES string of the molecule is CCc1c(Br)ccc(F)c1COc1cc(NC(c2ccccc2)(c2ccccc2)c2ccccc2)nc(NC)c1N. The standard InChI is InChI=1S/C34H32BrFN4O/c1-3-26-27(29(36)20-19-28(26)35)22-41-30-21-31(39-33(38-2)32(30)37)40-34(23-13-7-4-8-14-23,24-15-9-5-10-16-24)25-17-11-6-12-18-25/h4-21H,3,22,37H2,1-2H3,(H2,38,39,40). The van der Waals surface area contributed by atoms with Gasteiger partial charge in [0.2, 0.25) is 0 Å². The number of hydrogen-bond donors (Lipinski definition) is 3. The molecule has 5 rings (SSSR count). The highest BCUT2D eigenvalue weighted by Gasteiger charge is 2.37. The van der Waals surface area contributed by atoms with Crippen LogP contribution in [0.4, 0.5) is 21.7 Å². The van der Waals surface area contributed by atoms with Crippen molar-refractivity contribution in [3.05, 3.63) is 147 Å². The second-order valence-corrected chi connectivity index (χ2v) is 10.5. The van der Waals surface area contributed by atoms with E-state index in [0.29, 0.717) is 35.1 Å². The number of halogens is 2. The Labute approximate surface area is 248 Å². The van der Waals surface area contributed by atoms with Crippen molar-refractivity contribution < 1.29 is 9.13 Å². The molecule has 0 saturated heterocycles. The molecular weight excluding hydrogens is 579 g/mol. The second-order valence-electron chi connectivity index (χ2n) is 9.62. The molecule has 0 aliphatic rings. The molecule has 0 unspecified atom stereocenters. The highest BCUT2D eigenvalue weighted by molar-refractivity contribution is 9.10. The van der Waals surface area contributed by atoms with Crippen LogP contribution >= 0.6 is 15.9 Å². The molecule has 4 N–H and O–H groups in total. The third-order valence-electron chi connectivity index (χ3n) is 7.24. The number of benzene rings is 4. The van der Waals surface area contributed by atoms with Gasteiger partial charge in [0.25, 0.3) is 0 Å². The zero-order valence-electron chi connectivity index (χ0n) is 23.0. The molecule has 0 amide bonds. The van der Waals surface area contributed by atoms with Gasteiger partial charge in [0.1, 0.15) is 35.2 Å². The van der Waals surface area contributed by atoms with E-state index in [1.807, 2.05) is 61.5 Å². The number of nitrogens with zero attached hydrogens (tertiary/aromatic N) is 1. The summed E-state index contributed by atoms with van der Waals surface area (Å²) in [6.45, 7) is 2.01. The number of anilines is 3. The molecular formula is C34H32BrFN4O. The lowest BCUT2D eigenvalue weighted by Gasteiger charge is -2.37. The number of nitrogens with two attached hydrogens (primary N) is 1.